The molecule has 4 heterocycles. The first-order chi connectivity index (χ1) is 31.0. The van der Waals surface area contributed by atoms with Gasteiger partial charge in [-0.2, -0.15) is 18.9 Å². The number of nitrogens with zero attached hydrogens (tertiary/aromatic N) is 4. The van der Waals surface area contributed by atoms with Crippen LogP contribution in [0.5, 0.6) is 23.0 Å². The molecule has 318 valence electrons. The van der Waals surface area contributed by atoms with Crippen LogP contribution in [0.25, 0.3) is 22.3 Å². The molecule has 9 aromatic rings. The van der Waals surface area contributed by atoms with Crippen molar-refractivity contribution in [3.8, 4) is 45.3 Å². The lowest BCUT2D eigenvalue weighted by Crippen LogP contribution is -2.24. The Morgan fingerprint density at radius 3 is 0.531 bits per heavy atom. The van der Waals surface area contributed by atoms with Gasteiger partial charge in [0.25, 0.3) is 0 Å². The van der Waals surface area contributed by atoms with Crippen LogP contribution >= 0.6 is 0 Å². The summed E-state index contributed by atoms with van der Waals surface area (Å²) in [7, 11) is 0. The van der Waals surface area contributed by atoms with Crippen LogP contribution in [0.2, 0.25) is 0 Å². The van der Waals surface area contributed by atoms with Gasteiger partial charge in [-0.3, -0.25) is 0 Å². The molecule has 9 rings (SSSR count). The Morgan fingerprint density at radius 2 is 0.375 bits per heavy atom. The van der Waals surface area contributed by atoms with E-state index in [2.05, 4.69) is 24.3 Å². The zero-order valence-electron chi connectivity index (χ0n) is 34.2. The maximum absolute atomic E-state index is 10.8. The fourth-order valence-corrected chi connectivity index (χ4v) is 7.12. The van der Waals surface area contributed by atoms with E-state index in [1.165, 1.54) is 49.6 Å². The van der Waals surface area contributed by atoms with Crippen LogP contribution in [0.15, 0.2) is 219 Å². The second-order valence-corrected chi connectivity index (χ2v) is 14.7. The van der Waals surface area contributed by atoms with E-state index >= 15 is 0 Å². The van der Waals surface area contributed by atoms with Crippen molar-refractivity contribution in [1.82, 2.24) is 0 Å². The number of pyridine rings is 4. The van der Waals surface area contributed by atoms with Gasteiger partial charge in [-0.15, -0.1) is 0 Å². The summed E-state index contributed by atoms with van der Waals surface area (Å²) in [5.41, 5.74) is 9.92. The molecule has 0 bridgehead atoms. The second-order valence-electron chi connectivity index (χ2n) is 14.7. The summed E-state index contributed by atoms with van der Waals surface area (Å²) >= 11 is 0. The molecule has 5 aromatic carbocycles. The average molecular weight is 851 g/mol. The lowest BCUT2D eigenvalue weighted by Gasteiger charge is -2.22. The lowest BCUT2D eigenvalue weighted by molar-refractivity contribution is -0.605. The molecule has 0 spiro atoms. The Labute approximate surface area is 369 Å². The molecule has 0 amide bonds. The largest absolute Gasteiger partial charge is 0.619 e. The molecule has 4 N–H and O–H groups in total. The highest BCUT2D eigenvalue weighted by molar-refractivity contribution is 5.62. The lowest BCUT2D eigenvalue weighted by atomic mass is 9.81. The minimum atomic E-state index is -0.0824. The Kier molecular flexibility index (Phi) is 13.6. The van der Waals surface area contributed by atoms with Crippen molar-refractivity contribution < 1.29 is 39.3 Å². The monoisotopic (exact) mass is 850 g/mol. The van der Waals surface area contributed by atoms with Gasteiger partial charge in [-0.25, -0.2) is 0 Å². The molecule has 4 aromatic heterocycles. The summed E-state index contributed by atoms with van der Waals surface area (Å²) in [6.07, 6.45) is 11.4. The van der Waals surface area contributed by atoms with E-state index in [1.54, 1.807) is 97.1 Å². The van der Waals surface area contributed by atoms with E-state index in [0.29, 0.717) is 0 Å². The molecule has 0 radical (unpaired) electrons. The number of phenolic OH excluding ortho intramolecular Hbond substituents is 4. The standard InChI is InChI=1S/C32H26O4.2C10H8N2O2/c33-27-13-5-23(6-14-27)31(24-7-15-28(34)16-8-24)21-1-2-22(4-3-21)32(25-9-17-29(35)18-10-25)26-11-19-30(36)20-12-26;2*13-11-5-1-9(2-6-11)10-3-7-12(14)8-4-10/h1-20,31-36H;2*1-8H. The molecule has 0 aliphatic heterocycles. The molecule has 0 unspecified atom stereocenters. The molecule has 12 heteroatoms. The first kappa shape index (κ1) is 43.2. The van der Waals surface area contributed by atoms with Crippen molar-refractivity contribution in [2.75, 3.05) is 0 Å². The molecule has 0 saturated heterocycles. The van der Waals surface area contributed by atoms with Crippen LogP contribution in [-0.4, -0.2) is 20.4 Å². The summed E-state index contributed by atoms with van der Waals surface area (Å²) in [6.45, 7) is 0. The molecule has 0 aliphatic carbocycles. The van der Waals surface area contributed by atoms with Crippen LogP contribution in [0.1, 0.15) is 45.2 Å². The number of hydrogen-bond acceptors (Lipinski definition) is 8. The first-order valence-electron chi connectivity index (χ1n) is 20.0. The maximum Gasteiger partial charge on any atom is 0.180 e. The second kappa shape index (κ2) is 20.1. The number of phenols is 4. The van der Waals surface area contributed by atoms with Gasteiger partial charge in [0.15, 0.2) is 49.6 Å². The van der Waals surface area contributed by atoms with Gasteiger partial charge >= 0.3 is 0 Å². The minimum absolute atomic E-state index is 0.0824. The molecular weight excluding hydrogens is 809 g/mol. The smallest absolute Gasteiger partial charge is 0.180 e. The van der Waals surface area contributed by atoms with E-state index < -0.39 is 0 Å². The number of hydrogen-bond donors (Lipinski definition) is 4. The van der Waals surface area contributed by atoms with Crippen molar-refractivity contribution >= 4 is 0 Å². The highest BCUT2D eigenvalue weighted by Gasteiger charge is 2.21. The molecule has 0 fully saturated rings. The summed E-state index contributed by atoms with van der Waals surface area (Å²) in [5.74, 6) is 0.684. The van der Waals surface area contributed by atoms with Gasteiger partial charge < -0.3 is 41.3 Å². The molecule has 64 heavy (non-hydrogen) atoms. The normalized spacial score (nSPS) is 10.7. The first-order valence-corrected chi connectivity index (χ1v) is 20.0. The Balaban J connectivity index is 0.000000177. The van der Waals surface area contributed by atoms with E-state index in [9.17, 15) is 41.3 Å². The zero-order valence-corrected chi connectivity index (χ0v) is 34.2. The van der Waals surface area contributed by atoms with E-state index in [0.717, 1.165) is 74.6 Å². The topological polar surface area (TPSA) is 189 Å². The van der Waals surface area contributed by atoms with Crippen LogP contribution in [0.4, 0.5) is 0 Å². The van der Waals surface area contributed by atoms with Crippen LogP contribution < -0.4 is 18.9 Å². The third kappa shape index (κ3) is 11.3. The maximum atomic E-state index is 10.8. The van der Waals surface area contributed by atoms with Crippen molar-refractivity contribution in [2.24, 2.45) is 0 Å². The quantitative estimate of drug-likeness (QED) is 0.0670. The van der Waals surface area contributed by atoms with Crippen LogP contribution in [0.3, 0.4) is 0 Å². The SMILES string of the molecule is Oc1ccc(C(c2ccc(O)cc2)c2ccc(C(c3ccc(O)cc3)c3ccc(O)cc3)cc2)cc1.[O-][n+]1ccc(-c2cc[n+]([O-])cc2)cc1.[O-][n+]1ccc(-c2cc[n+]([O-])cc2)cc1. The Bertz CT molecular complexity index is 2470. The fourth-order valence-electron chi connectivity index (χ4n) is 7.12. The van der Waals surface area contributed by atoms with Gasteiger partial charge in [-0.1, -0.05) is 72.8 Å². The van der Waals surface area contributed by atoms with Gasteiger partial charge in [0, 0.05) is 60.4 Å². The molecule has 0 saturated carbocycles. The summed E-state index contributed by atoms with van der Waals surface area (Å²) < 4.78 is 2.89. The highest BCUT2D eigenvalue weighted by atomic mass is 16.5. The molecule has 0 aliphatic rings. The van der Waals surface area contributed by atoms with Crippen LogP contribution in [0, 0.1) is 20.8 Å². The average Bonchev–Trinajstić information content (AvgIpc) is 3.31. The van der Waals surface area contributed by atoms with Crippen molar-refractivity contribution in [3.63, 3.8) is 0 Å². The fraction of sp³-hybridized carbons (Fsp3) is 0.0385. The number of rotatable bonds is 8. The summed E-state index contributed by atoms with van der Waals surface area (Å²) in [4.78, 5) is 0. The third-order valence-electron chi connectivity index (χ3n) is 10.4. The van der Waals surface area contributed by atoms with E-state index in [4.69, 9.17) is 0 Å². The molecule has 0 atom stereocenters. The van der Waals surface area contributed by atoms with Gasteiger partial charge in [0.2, 0.25) is 0 Å². The number of aromatic hydroxyl groups is 4. The van der Waals surface area contributed by atoms with Crippen molar-refractivity contribution in [3.05, 3.63) is 274 Å². The Morgan fingerprint density at radius 1 is 0.234 bits per heavy atom. The molecule has 12 nitrogen and oxygen atoms in total. The minimum Gasteiger partial charge on any atom is -0.619 e. The molecular formula is C52H42N4O8. The predicted octanol–water partition coefficient (Wildman–Crippen LogP) is 8.11. The Hall–Kier alpha value is -8.90. The third-order valence-corrected chi connectivity index (χ3v) is 10.4. The number of benzene rings is 5. The van der Waals surface area contributed by atoms with Crippen LogP contribution in [-0.2, 0) is 0 Å². The number of aromatic nitrogens is 4. The van der Waals surface area contributed by atoms with E-state index in [1.807, 2.05) is 48.5 Å². The van der Waals surface area contributed by atoms with Gasteiger partial charge in [0.1, 0.15) is 23.0 Å². The predicted molar refractivity (Wildman–Crippen MR) is 240 cm³/mol. The van der Waals surface area contributed by atoms with E-state index in [-0.39, 0.29) is 34.8 Å². The zero-order chi connectivity index (χ0) is 45.0. The van der Waals surface area contributed by atoms with Gasteiger partial charge in [0.05, 0.1) is 0 Å². The highest BCUT2D eigenvalue weighted by Crippen LogP contribution is 2.37. The van der Waals surface area contributed by atoms with Gasteiger partial charge in [-0.05, 0) is 104 Å². The van der Waals surface area contributed by atoms with Crippen molar-refractivity contribution in [1.29, 1.82) is 0 Å². The summed E-state index contributed by atoms with van der Waals surface area (Å²) in [6, 6.07) is 50.8. The summed E-state index contributed by atoms with van der Waals surface area (Å²) in [5, 5.41) is 82.3. The van der Waals surface area contributed by atoms with Crippen molar-refractivity contribution in [2.45, 2.75) is 11.8 Å².